The summed E-state index contributed by atoms with van der Waals surface area (Å²) in [6, 6.07) is 3.74. The first-order valence-corrected chi connectivity index (χ1v) is 5.86. The van der Waals surface area contributed by atoms with Crippen LogP contribution in [0, 0.1) is 18.3 Å². The van der Waals surface area contributed by atoms with Gasteiger partial charge >= 0.3 is 0 Å². The molecule has 0 amide bonds. The minimum atomic E-state index is 0.0196. The van der Waals surface area contributed by atoms with E-state index >= 15 is 0 Å². The lowest BCUT2D eigenvalue weighted by Gasteiger charge is -2.35. The van der Waals surface area contributed by atoms with E-state index in [1.165, 1.54) is 0 Å². The van der Waals surface area contributed by atoms with E-state index in [1.807, 2.05) is 6.92 Å². The van der Waals surface area contributed by atoms with Gasteiger partial charge in [-0.1, -0.05) is 0 Å². The largest absolute Gasteiger partial charge is 0.349 e. The Kier molecular flexibility index (Phi) is 3.25. The third-order valence-corrected chi connectivity index (χ3v) is 3.09. The highest BCUT2D eigenvalue weighted by molar-refractivity contribution is 5.35. The highest BCUT2D eigenvalue weighted by atomic mass is 15.2. The number of nitriles is 1. The van der Waals surface area contributed by atoms with Crippen molar-refractivity contribution < 1.29 is 0 Å². The van der Waals surface area contributed by atoms with Crippen LogP contribution < -0.4 is 10.6 Å². The standard InChI is InChI=1S/C12H17N5/c1-9-7-10(8-13)16-11(15-9)17-12(2)3-5-14-6-4-12/h7,14H,3-6H2,1-2H3,(H,15,16,17). The van der Waals surface area contributed by atoms with Gasteiger partial charge in [-0.15, -0.1) is 0 Å². The lowest BCUT2D eigenvalue weighted by molar-refractivity contribution is 0.363. The minimum absolute atomic E-state index is 0.0196. The lowest BCUT2D eigenvalue weighted by atomic mass is 9.91. The second-order valence-electron chi connectivity index (χ2n) is 4.77. The van der Waals surface area contributed by atoms with E-state index in [2.05, 4.69) is 33.6 Å². The Balaban J connectivity index is 2.17. The van der Waals surface area contributed by atoms with Gasteiger partial charge in [0, 0.05) is 11.2 Å². The Morgan fingerprint density at radius 1 is 1.41 bits per heavy atom. The molecule has 0 aliphatic carbocycles. The van der Waals surface area contributed by atoms with Gasteiger partial charge in [0.05, 0.1) is 0 Å². The molecule has 5 nitrogen and oxygen atoms in total. The highest BCUT2D eigenvalue weighted by Crippen LogP contribution is 2.21. The topological polar surface area (TPSA) is 73.6 Å². The van der Waals surface area contributed by atoms with Crippen LogP contribution in [-0.2, 0) is 0 Å². The van der Waals surface area contributed by atoms with Gasteiger partial charge in [-0.25, -0.2) is 9.97 Å². The molecule has 1 fully saturated rings. The van der Waals surface area contributed by atoms with Crippen LogP contribution in [0.1, 0.15) is 31.2 Å². The zero-order chi connectivity index (χ0) is 12.3. The summed E-state index contributed by atoms with van der Waals surface area (Å²) in [4.78, 5) is 8.51. The number of hydrogen-bond donors (Lipinski definition) is 2. The molecule has 90 valence electrons. The van der Waals surface area contributed by atoms with E-state index in [0.29, 0.717) is 11.6 Å². The van der Waals surface area contributed by atoms with Crippen molar-refractivity contribution in [2.24, 2.45) is 0 Å². The van der Waals surface area contributed by atoms with Crippen LogP contribution in [0.15, 0.2) is 6.07 Å². The number of aryl methyl sites for hydroxylation is 1. The number of rotatable bonds is 2. The summed E-state index contributed by atoms with van der Waals surface area (Å²) in [5, 5.41) is 15.6. The van der Waals surface area contributed by atoms with E-state index in [4.69, 9.17) is 5.26 Å². The number of aromatic nitrogens is 2. The van der Waals surface area contributed by atoms with Gasteiger partial charge in [-0.2, -0.15) is 5.26 Å². The molecule has 0 saturated carbocycles. The first-order chi connectivity index (χ1) is 8.11. The maximum absolute atomic E-state index is 8.88. The summed E-state index contributed by atoms with van der Waals surface area (Å²) in [7, 11) is 0. The molecule has 0 bridgehead atoms. The third kappa shape index (κ3) is 2.92. The zero-order valence-corrected chi connectivity index (χ0v) is 10.2. The van der Waals surface area contributed by atoms with Gasteiger partial charge in [0.15, 0.2) is 0 Å². The van der Waals surface area contributed by atoms with Crippen LogP contribution in [0.5, 0.6) is 0 Å². The molecule has 1 saturated heterocycles. The lowest BCUT2D eigenvalue weighted by Crippen LogP contribution is -2.45. The summed E-state index contributed by atoms with van der Waals surface area (Å²) >= 11 is 0. The van der Waals surface area contributed by atoms with Crippen molar-refractivity contribution in [3.8, 4) is 6.07 Å². The maximum atomic E-state index is 8.88. The van der Waals surface area contributed by atoms with Gasteiger partial charge in [-0.05, 0) is 45.8 Å². The molecule has 0 unspecified atom stereocenters. The third-order valence-electron chi connectivity index (χ3n) is 3.09. The summed E-state index contributed by atoms with van der Waals surface area (Å²) in [6.07, 6.45) is 2.07. The molecule has 1 aromatic heterocycles. The number of piperidine rings is 1. The molecule has 2 rings (SSSR count). The van der Waals surface area contributed by atoms with Crippen molar-refractivity contribution in [2.75, 3.05) is 18.4 Å². The molecule has 1 aliphatic rings. The highest BCUT2D eigenvalue weighted by Gasteiger charge is 2.27. The van der Waals surface area contributed by atoms with Gasteiger partial charge < -0.3 is 10.6 Å². The molecular weight excluding hydrogens is 214 g/mol. The average Bonchev–Trinajstić information content (AvgIpc) is 2.28. The van der Waals surface area contributed by atoms with Gasteiger partial charge in [0.1, 0.15) is 11.8 Å². The number of nitrogens with one attached hydrogen (secondary N) is 2. The quantitative estimate of drug-likeness (QED) is 0.800. The molecule has 2 heterocycles. The first kappa shape index (κ1) is 11.8. The Morgan fingerprint density at radius 3 is 2.76 bits per heavy atom. The summed E-state index contributed by atoms with van der Waals surface area (Å²) in [5.41, 5.74) is 1.25. The molecular formula is C12H17N5. The van der Waals surface area contributed by atoms with Crippen LogP contribution >= 0.6 is 0 Å². The van der Waals surface area contributed by atoms with Crippen molar-refractivity contribution in [1.29, 1.82) is 5.26 Å². The average molecular weight is 231 g/mol. The van der Waals surface area contributed by atoms with Crippen molar-refractivity contribution in [2.45, 2.75) is 32.2 Å². The Labute approximate surface area is 101 Å². The number of hydrogen-bond acceptors (Lipinski definition) is 5. The van der Waals surface area contributed by atoms with E-state index in [0.717, 1.165) is 31.6 Å². The molecule has 1 aliphatic heterocycles. The van der Waals surface area contributed by atoms with Gasteiger partial charge in [0.25, 0.3) is 0 Å². The van der Waals surface area contributed by atoms with Crippen LogP contribution in [0.25, 0.3) is 0 Å². The molecule has 2 N–H and O–H groups in total. The molecule has 1 aromatic rings. The number of nitrogens with zero attached hydrogens (tertiary/aromatic N) is 3. The predicted molar refractivity (Wildman–Crippen MR) is 65.6 cm³/mol. The number of anilines is 1. The molecule has 17 heavy (non-hydrogen) atoms. The summed E-state index contributed by atoms with van der Waals surface area (Å²) in [5.74, 6) is 0.561. The van der Waals surface area contributed by atoms with E-state index in [-0.39, 0.29) is 5.54 Å². The summed E-state index contributed by atoms with van der Waals surface area (Å²) < 4.78 is 0. The van der Waals surface area contributed by atoms with Crippen LogP contribution in [0.3, 0.4) is 0 Å². The molecule has 0 aromatic carbocycles. The predicted octanol–water partition coefficient (Wildman–Crippen LogP) is 1.21. The molecule has 5 heteroatoms. The normalized spacial score (nSPS) is 18.4. The van der Waals surface area contributed by atoms with Crippen molar-refractivity contribution in [3.63, 3.8) is 0 Å². The van der Waals surface area contributed by atoms with E-state index in [9.17, 15) is 0 Å². The second-order valence-corrected chi connectivity index (χ2v) is 4.77. The van der Waals surface area contributed by atoms with Gasteiger partial charge in [0.2, 0.25) is 5.95 Å². The summed E-state index contributed by atoms with van der Waals surface area (Å²) in [6.45, 7) is 6.05. The zero-order valence-electron chi connectivity index (χ0n) is 10.2. The SMILES string of the molecule is Cc1cc(C#N)nc(NC2(C)CCNCC2)n1. The van der Waals surface area contributed by atoms with E-state index in [1.54, 1.807) is 6.07 Å². The molecule has 0 radical (unpaired) electrons. The monoisotopic (exact) mass is 231 g/mol. The van der Waals surface area contributed by atoms with Crippen LogP contribution in [0.2, 0.25) is 0 Å². The fourth-order valence-electron chi connectivity index (χ4n) is 2.06. The van der Waals surface area contributed by atoms with Crippen LogP contribution in [0.4, 0.5) is 5.95 Å². The molecule has 0 spiro atoms. The Bertz CT molecular complexity index is 443. The Morgan fingerprint density at radius 2 is 2.12 bits per heavy atom. The van der Waals surface area contributed by atoms with Crippen LogP contribution in [-0.4, -0.2) is 28.6 Å². The van der Waals surface area contributed by atoms with Crippen molar-refractivity contribution >= 4 is 5.95 Å². The minimum Gasteiger partial charge on any atom is -0.349 e. The van der Waals surface area contributed by atoms with E-state index < -0.39 is 0 Å². The smallest absolute Gasteiger partial charge is 0.224 e. The van der Waals surface area contributed by atoms with Gasteiger partial charge in [-0.3, -0.25) is 0 Å². The van der Waals surface area contributed by atoms with Crippen molar-refractivity contribution in [3.05, 3.63) is 17.5 Å². The Hall–Kier alpha value is -1.67. The fraction of sp³-hybridized carbons (Fsp3) is 0.583. The first-order valence-electron chi connectivity index (χ1n) is 5.86. The fourth-order valence-corrected chi connectivity index (χ4v) is 2.06. The van der Waals surface area contributed by atoms with Crippen molar-refractivity contribution in [1.82, 2.24) is 15.3 Å². The second kappa shape index (κ2) is 4.68. The molecule has 0 atom stereocenters. The maximum Gasteiger partial charge on any atom is 0.224 e.